The molecule has 0 atom stereocenters. The summed E-state index contributed by atoms with van der Waals surface area (Å²) in [4.78, 5) is 23.0. The molecule has 0 aromatic rings. The maximum absolute atomic E-state index is 11.5. The van der Waals surface area contributed by atoms with Gasteiger partial charge < -0.3 is 0 Å². The van der Waals surface area contributed by atoms with Crippen LogP contribution in [0.25, 0.3) is 0 Å². The van der Waals surface area contributed by atoms with Crippen molar-refractivity contribution in [3.63, 3.8) is 0 Å². The molecule has 0 aromatic heterocycles. The Morgan fingerprint density at radius 2 is 0.944 bits per heavy atom. The monoisotopic (exact) mass is 248 g/mol. The van der Waals surface area contributed by atoms with Gasteiger partial charge in [-0.15, -0.1) is 0 Å². The van der Waals surface area contributed by atoms with Gasteiger partial charge in [-0.3, -0.25) is 9.59 Å². The molecule has 0 saturated carbocycles. The zero-order valence-electron chi connectivity index (χ0n) is 11.2. The van der Waals surface area contributed by atoms with Gasteiger partial charge in [0.05, 0.1) is 0 Å². The van der Waals surface area contributed by atoms with E-state index in [0.717, 1.165) is 38.5 Å². The van der Waals surface area contributed by atoms with Crippen LogP contribution in [-0.4, -0.2) is 11.6 Å². The summed E-state index contributed by atoms with van der Waals surface area (Å²) in [5.41, 5.74) is 0. The highest BCUT2D eigenvalue weighted by atomic mass is 16.1. The summed E-state index contributed by atoms with van der Waals surface area (Å²) in [6.07, 6.45) is 16.6. The second-order valence-electron chi connectivity index (χ2n) is 4.88. The molecule has 0 fully saturated rings. The largest absolute Gasteiger partial charge is 0.300 e. The molecule has 1 rings (SSSR count). The van der Waals surface area contributed by atoms with Crippen molar-refractivity contribution >= 4 is 11.6 Å². The molecule has 2 nitrogen and oxygen atoms in total. The predicted molar refractivity (Wildman–Crippen MR) is 74.5 cm³/mol. The van der Waals surface area contributed by atoms with Gasteiger partial charge in [-0.05, 0) is 38.5 Å². The molecule has 18 heavy (non-hydrogen) atoms. The molecule has 0 spiro atoms. The summed E-state index contributed by atoms with van der Waals surface area (Å²) < 4.78 is 0. The number of allylic oxidation sites excluding steroid dienone is 4. The molecule has 0 aliphatic heterocycles. The van der Waals surface area contributed by atoms with Crippen molar-refractivity contribution in [1.82, 2.24) is 0 Å². The summed E-state index contributed by atoms with van der Waals surface area (Å²) in [6, 6.07) is 0. The average Bonchev–Trinajstić information content (AvgIpc) is 2.35. The van der Waals surface area contributed by atoms with E-state index in [-0.39, 0.29) is 0 Å². The van der Waals surface area contributed by atoms with Crippen LogP contribution in [0.1, 0.15) is 64.2 Å². The van der Waals surface area contributed by atoms with Crippen LogP contribution in [0.5, 0.6) is 0 Å². The maximum atomic E-state index is 11.5. The Labute approximate surface area is 110 Å². The van der Waals surface area contributed by atoms with E-state index >= 15 is 0 Å². The minimum atomic E-state index is 0.358. The molecule has 0 heterocycles. The van der Waals surface area contributed by atoms with Crippen LogP contribution >= 0.6 is 0 Å². The molecule has 0 bridgehead atoms. The molecular formula is C16H24O2. The number of hydrogen-bond acceptors (Lipinski definition) is 2. The molecule has 1 aliphatic carbocycles. The van der Waals surface area contributed by atoms with Crippen LogP contribution in [0.15, 0.2) is 24.3 Å². The van der Waals surface area contributed by atoms with E-state index in [1.165, 1.54) is 0 Å². The Morgan fingerprint density at radius 1 is 0.556 bits per heavy atom. The lowest BCUT2D eigenvalue weighted by atomic mass is 10.1. The van der Waals surface area contributed by atoms with Crippen molar-refractivity contribution in [2.45, 2.75) is 64.2 Å². The average molecular weight is 248 g/mol. The van der Waals surface area contributed by atoms with Crippen LogP contribution in [0, 0.1) is 0 Å². The molecule has 1 aliphatic rings. The molecule has 0 saturated heterocycles. The fourth-order valence-electron chi connectivity index (χ4n) is 2.04. The summed E-state index contributed by atoms with van der Waals surface area (Å²) in [5, 5.41) is 0. The van der Waals surface area contributed by atoms with Gasteiger partial charge in [0.25, 0.3) is 0 Å². The normalized spacial score (nSPS) is 21.1. The van der Waals surface area contributed by atoms with E-state index in [1.54, 1.807) is 0 Å². The third-order valence-corrected chi connectivity index (χ3v) is 3.17. The van der Waals surface area contributed by atoms with E-state index in [0.29, 0.717) is 37.2 Å². The molecule has 0 aromatic carbocycles. The van der Waals surface area contributed by atoms with Gasteiger partial charge in [0.2, 0.25) is 0 Å². The fraction of sp³-hybridized carbons (Fsp3) is 0.625. The Morgan fingerprint density at radius 3 is 1.39 bits per heavy atom. The van der Waals surface area contributed by atoms with E-state index in [1.807, 2.05) is 12.2 Å². The van der Waals surface area contributed by atoms with Crippen molar-refractivity contribution in [3.8, 4) is 0 Å². The van der Waals surface area contributed by atoms with Crippen LogP contribution in [0.3, 0.4) is 0 Å². The Kier molecular flexibility index (Phi) is 8.11. The van der Waals surface area contributed by atoms with Gasteiger partial charge in [0.15, 0.2) is 0 Å². The van der Waals surface area contributed by atoms with Gasteiger partial charge in [-0.2, -0.15) is 0 Å². The quantitative estimate of drug-likeness (QED) is 0.603. The first kappa shape index (κ1) is 14.9. The lowest BCUT2D eigenvalue weighted by Crippen LogP contribution is -1.97. The first-order chi connectivity index (χ1) is 8.79. The molecule has 0 amide bonds. The highest BCUT2D eigenvalue weighted by Crippen LogP contribution is 2.07. The van der Waals surface area contributed by atoms with E-state index < -0.39 is 0 Å². The van der Waals surface area contributed by atoms with Gasteiger partial charge in [-0.25, -0.2) is 0 Å². The van der Waals surface area contributed by atoms with Crippen molar-refractivity contribution in [2.75, 3.05) is 0 Å². The maximum Gasteiger partial charge on any atom is 0.133 e. The Balaban J connectivity index is 2.35. The van der Waals surface area contributed by atoms with Gasteiger partial charge in [-0.1, -0.05) is 24.3 Å². The SMILES string of the molecule is O=C1CCC=CCCC(=O)CCCC=CCCC1. The lowest BCUT2D eigenvalue weighted by Gasteiger charge is -1.99. The Hall–Kier alpha value is -1.18. The van der Waals surface area contributed by atoms with Crippen molar-refractivity contribution in [1.29, 1.82) is 0 Å². The smallest absolute Gasteiger partial charge is 0.133 e. The third kappa shape index (κ3) is 7.99. The van der Waals surface area contributed by atoms with Crippen molar-refractivity contribution in [2.24, 2.45) is 0 Å². The molecule has 2 heteroatoms. The van der Waals surface area contributed by atoms with Gasteiger partial charge >= 0.3 is 0 Å². The summed E-state index contributed by atoms with van der Waals surface area (Å²) >= 11 is 0. The molecule has 100 valence electrons. The highest BCUT2D eigenvalue weighted by molar-refractivity contribution is 5.78. The predicted octanol–water partition coefficient (Wildman–Crippen LogP) is 4.15. The summed E-state index contributed by atoms with van der Waals surface area (Å²) in [7, 11) is 0. The summed E-state index contributed by atoms with van der Waals surface area (Å²) in [6.45, 7) is 0. The fourth-order valence-corrected chi connectivity index (χ4v) is 2.04. The number of carbonyl (C=O) groups excluding carboxylic acids is 2. The first-order valence-corrected chi connectivity index (χ1v) is 7.12. The second-order valence-corrected chi connectivity index (χ2v) is 4.88. The zero-order valence-corrected chi connectivity index (χ0v) is 11.2. The van der Waals surface area contributed by atoms with Crippen LogP contribution in [0.4, 0.5) is 0 Å². The standard InChI is InChI=1S/C16H24O2/c17-15-11-7-3-1-2-4-8-12-16(18)14-10-6-5-9-13-15/h1-2,5-6H,3-4,7-14H2. The number of rotatable bonds is 0. The van der Waals surface area contributed by atoms with Gasteiger partial charge in [0.1, 0.15) is 11.6 Å². The van der Waals surface area contributed by atoms with Crippen LogP contribution in [0.2, 0.25) is 0 Å². The van der Waals surface area contributed by atoms with Crippen molar-refractivity contribution in [3.05, 3.63) is 24.3 Å². The van der Waals surface area contributed by atoms with Crippen LogP contribution < -0.4 is 0 Å². The Bertz CT molecular complexity index is 283. The number of hydrogen-bond donors (Lipinski definition) is 0. The second kappa shape index (κ2) is 9.81. The topological polar surface area (TPSA) is 34.1 Å². The van der Waals surface area contributed by atoms with E-state index in [4.69, 9.17) is 0 Å². The number of Topliss-reactive ketones (excluding diaryl/α,β-unsaturated/α-hetero) is 2. The zero-order chi connectivity index (χ0) is 13.1. The molecule has 0 radical (unpaired) electrons. The number of ketones is 2. The summed E-state index contributed by atoms with van der Waals surface area (Å²) in [5.74, 6) is 0.715. The number of carbonyl (C=O) groups is 2. The minimum Gasteiger partial charge on any atom is -0.300 e. The molecule has 0 N–H and O–H groups in total. The van der Waals surface area contributed by atoms with E-state index in [2.05, 4.69) is 12.2 Å². The first-order valence-electron chi connectivity index (χ1n) is 7.12. The minimum absolute atomic E-state index is 0.358. The van der Waals surface area contributed by atoms with Gasteiger partial charge in [0, 0.05) is 25.7 Å². The van der Waals surface area contributed by atoms with E-state index in [9.17, 15) is 9.59 Å². The third-order valence-electron chi connectivity index (χ3n) is 3.17. The molecular weight excluding hydrogens is 224 g/mol. The highest BCUT2D eigenvalue weighted by Gasteiger charge is 2.01. The lowest BCUT2D eigenvalue weighted by molar-refractivity contribution is -0.120. The molecule has 0 unspecified atom stereocenters. The van der Waals surface area contributed by atoms with Crippen LogP contribution in [-0.2, 0) is 9.59 Å². The van der Waals surface area contributed by atoms with Crippen molar-refractivity contribution < 1.29 is 9.59 Å².